The smallest absolute Gasteiger partial charge is 0.0584 e. The van der Waals surface area contributed by atoms with Gasteiger partial charge in [-0.05, 0) is 6.42 Å². The predicted octanol–water partition coefficient (Wildman–Crippen LogP) is 0.755. The Morgan fingerprint density at radius 2 is 2.00 bits per heavy atom. The number of nitrogens with one attached hydrogen (secondary N) is 1. The Bertz CT molecular complexity index is 59.9. The lowest BCUT2D eigenvalue weighted by Gasteiger charge is -2.16. The molecule has 0 aliphatic rings. The molecule has 0 aromatic heterocycles. The van der Waals surface area contributed by atoms with Crippen molar-refractivity contribution in [2.45, 2.75) is 39.3 Å². The maximum Gasteiger partial charge on any atom is 0.0584 e. The molecule has 1 atom stereocenters. The van der Waals surface area contributed by atoms with Crippen LogP contribution in [-0.4, -0.2) is 23.8 Å². The van der Waals surface area contributed by atoms with E-state index in [2.05, 4.69) is 26.1 Å². The molecule has 0 aromatic carbocycles. The van der Waals surface area contributed by atoms with Crippen molar-refractivity contribution >= 4 is 0 Å². The second kappa shape index (κ2) is 4.77. The molecule has 2 nitrogen and oxygen atoms in total. The van der Waals surface area contributed by atoms with E-state index < -0.39 is 0 Å². The summed E-state index contributed by atoms with van der Waals surface area (Å²) in [7, 11) is 0. The molecular weight excluding hydrogens is 114 g/mol. The lowest BCUT2D eigenvalue weighted by Crippen LogP contribution is -2.36. The lowest BCUT2D eigenvalue weighted by atomic mass is 10.2. The van der Waals surface area contributed by atoms with Crippen LogP contribution in [0.4, 0.5) is 0 Å². The molecule has 0 saturated heterocycles. The van der Waals surface area contributed by atoms with Crippen molar-refractivity contribution in [2.24, 2.45) is 0 Å². The minimum absolute atomic E-state index is 0.245. The summed E-state index contributed by atoms with van der Waals surface area (Å²) in [6, 6.07) is 0.757. The summed E-state index contributed by atoms with van der Waals surface area (Å²) in [6.45, 7) is 6.47. The van der Waals surface area contributed by atoms with Gasteiger partial charge in [-0.15, -0.1) is 0 Å². The number of hydrogen-bond donors (Lipinski definition) is 2. The molecule has 9 heavy (non-hydrogen) atoms. The Kier molecular flexibility index (Phi) is 4.72. The highest BCUT2D eigenvalue weighted by atomic mass is 16.3. The molecule has 0 spiro atoms. The van der Waals surface area contributed by atoms with Crippen LogP contribution in [0.5, 0.6) is 0 Å². The van der Waals surface area contributed by atoms with Gasteiger partial charge >= 0.3 is 0 Å². The SMILES string of the molecule is CCC(CO)NC(C)C. The number of aliphatic hydroxyl groups excluding tert-OH is 1. The zero-order valence-corrected chi connectivity index (χ0v) is 6.52. The summed E-state index contributed by atoms with van der Waals surface area (Å²) >= 11 is 0. The number of aliphatic hydroxyl groups is 1. The van der Waals surface area contributed by atoms with Crippen LogP contribution in [0.1, 0.15) is 27.2 Å². The zero-order chi connectivity index (χ0) is 7.28. The van der Waals surface area contributed by atoms with Gasteiger partial charge in [0.05, 0.1) is 6.61 Å². The summed E-state index contributed by atoms with van der Waals surface area (Å²) in [5.41, 5.74) is 0. The summed E-state index contributed by atoms with van der Waals surface area (Å²) in [6.07, 6.45) is 0.995. The van der Waals surface area contributed by atoms with Crippen LogP contribution in [0.2, 0.25) is 0 Å². The summed E-state index contributed by atoms with van der Waals surface area (Å²) < 4.78 is 0. The average Bonchev–Trinajstić information content (AvgIpc) is 1.82. The largest absolute Gasteiger partial charge is 0.395 e. The first-order valence-corrected chi connectivity index (χ1v) is 3.57. The Labute approximate surface area is 57.3 Å². The van der Waals surface area contributed by atoms with Gasteiger partial charge in [-0.3, -0.25) is 0 Å². The molecule has 0 aliphatic carbocycles. The Hall–Kier alpha value is -0.0800. The Morgan fingerprint density at radius 3 is 2.11 bits per heavy atom. The van der Waals surface area contributed by atoms with Crippen LogP contribution >= 0.6 is 0 Å². The van der Waals surface area contributed by atoms with E-state index in [0.29, 0.717) is 6.04 Å². The van der Waals surface area contributed by atoms with Crippen LogP contribution in [0.3, 0.4) is 0 Å². The Balaban J connectivity index is 3.31. The second-order valence-corrected chi connectivity index (χ2v) is 2.61. The second-order valence-electron chi connectivity index (χ2n) is 2.61. The van der Waals surface area contributed by atoms with Gasteiger partial charge in [-0.1, -0.05) is 20.8 Å². The molecule has 0 aromatic rings. The van der Waals surface area contributed by atoms with Crippen molar-refractivity contribution in [1.82, 2.24) is 5.32 Å². The molecule has 2 heteroatoms. The van der Waals surface area contributed by atoms with E-state index in [-0.39, 0.29) is 12.6 Å². The van der Waals surface area contributed by atoms with Crippen LogP contribution in [-0.2, 0) is 0 Å². The highest BCUT2D eigenvalue weighted by Gasteiger charge is 2.03. The predicted molar refractivity (Wildman–Crippen MR) is 39.4 cm³/mol. The summed E-state index contributed by atoms with van der Waals surface area (Å²) in [5, 5.41) is 11.9. The van der Waals surface area contributed by atoms with E-state index in [4.69, 9.17) is 5.11 Å². The minimum atomic E-state index is 0.245. The van der Waals surface area contributed by atoms with Crippen molar-refractivity contribution in [3.63, 3.8) is 0 Å². The first kappa shape index (κ1) is 8.92. The van der Waals surface area contributed by atoms with Crippen molar-refractivity contribution in [3.8, 4) is 0 Å². The summed E-state index contributed by atoms with van der Waals surface area (Å²) in [5.74, 6) is 0. The van der Waals surface area contributed by atoms with Gasteiger partial charge in [0.2, 0.25) is 0 Å². The highest BCUT2D eigenvalue weighted by Crippen LogP contribution is 1.90. The fourth-order valence-electron chi connectivity index (χ4n) is 0.771. The summed E-state index contributed by atoms with van der Waals surface area (Å²) in [4.78, 5) is 0. The molecule has 0 aliphatic heterocycles. The van der Waals surface area contributed by atoms with Gasteiger partial charge in [-0.2, -0.15) is 0 Å². The monoisotopic (exact) mass is 131 g/mol. The first-order chi connectivity index (χ1) is 4.20. The molecule has 0 amide bonds. The van der Waals surface area contributed by atoms with E-state index in [9.17, 15) is 0 Å². The van der Waals surface area contributed by atoms with Crippen LogP contribution in [0.15, 0.2) is 0 Å². The van der Waals surface area contributed by atoms with Gasteiger partial charge in [0.25, 0.3) is 0 Å². The van der Waals surface area contributed by atoms with Gasteiger partial charge in [-0.25, -0.2) is 0 Å². The molecule has 0 bridgehead atoms. The van der Waals surface area contributed by atoms with Gasteiger partial charge < -0.3 is 10.4 Å². The number of rotatable bonds is 4. The maximum atomic E-state index is 8.71. The highest BCUT2D eigenvalue weighted by molar-refractivity contribution is 4.64. The zero-order valence-electron chi connectivity index (χ0n) is 6.52. The first-order valence-electron chi connectivity index (χ1n) is 3.57. The van der Waals surface area contributed by atoms with E-state index in [0.717, 1.165) is 6.42 Å². The number of hydrogen-bond acceptors (Lipinski definition) is 2. The van der Waals surface area contributed by atoms with E-state index in [1.807, 2.05) is 0 Å². The maximum absolute atomic E-state index is 8.71. The molecular formula is C7H17NO. The van der Waals surface area contributed by atoms with E-state index in [1.54, 1.807) is 0 Å². The third-order valence-corrected chi connectivity index (χ3v) is 1.28. The fraction of sp³-hybridized carbons (Fsp3) is 1.00. The average molecular weight is 131 g/mol. The quantitative estimate of drug-likeness (QED) is 0.590. The van der Waals surface area contributed by atoms with Crippen molar-refractivity contribution in [2.75, 3.05) is 6.61 Å². The van der Waals surface area contributed by atoms with Crippen LogP contribution in [0, 0.1) is 0 Å². The molecule has 0 saturated carbocycles. The normalized spacial score (nSPS) is 14.3. The minimum Gasteiger partial charge on any atom is -0.395 e. The standard InChI is InChI=1S/C7H17NO/c1-4-7(5-9)8-6(2)3/h6-9H,4-5H2,1-3H3. The van der Waals surface area contributed by atoms with Crippen molar-refractivity contribution in [1.29, 1.82) is 0 Å². The molecule has 0 heterocycles. The molecule has 2 N–H and O–H groups in total. The van der Waals surface area contributed by atoms with Gasteiger partial charge in [0.15, 0.2) is 0 Å². The topological polar surface area (TPSA) is 32.3 Å². The molecule has 1 unspecified atom stereocenters. The molecule has 56 valence electrons. The Morgan fingerprint density at radius 1 is 1.44 bits per heavy atom. The van der Waals surface area contributed by atoms with Crippen LogP contribution in [0.25, 0.3) is 0 Å². The van der Waals surface area contributed by atoms with Gasteiger partial charge in [0.1, 0.15) is 0 Å². The fourth-order valence-corrected chi connectivity index (χ4v) is 0.771. The molecule has 0 fully saturated rings. The van der Waals surface area contributed by atoms with Crippen LogP contribution < -0.4 is 5.32 Å². The van der Waals surface area contributed by atoms with E-state index in [1.165, 1.54) is 0 Å². The molecule has 0 rings (SSSR count). The third kappa shape index (κ3) is 4.43. The third-order valence-electron chi connectivity index (χ3n) is 1.28. The molecule has 0 radical (unpaired) electrons. The van der Waals surface area contributed by atoms with Crippen molar-refractivity contribution < 1.29 is 5.11 Å². The lowest BCUT2D eigenvalue weighted by molar-refractivity contribution is 0.232. The van der Waals surface area contributed by atoms with E-state index >= 15 is 0 Å². The van der Waals surface area contributed by atoms with Crippen molar-refractivity contribution in [3.05, 3.63) is 0 Å². The van der Waals surface area contributed by atoms with Gasteiger partial charge in [0, 0.05) is 12.1 Å².